The summed E-state index contributed by atoms with van der Waals surface area (Å²) in [5.41, 5.74) is 2.97. The molecule has 15 heavy (non-hydrogen) atoms. The number of rotatable bonds is 1. The molecule has 1 atom stereocenters. The van der Waals surface area contributed by atoms with Gasteiger partial charge in [0.25, 0.3) is 0 Å². The van der Waals surface area contributed by atoms with E-state index in [4.69, 9.17) is 4.84 Å². The highest BCUT2D eigenvalue weighted by Gasteiger charge is 2.50. The zero-order valence-electron chi connectivity index (χ0n) is 9.03. The summed E-state index contributed by atoms with van der Waals surface area (Å²) in [4.78, 5) is 5.08. The first-order valence-corrected chi connectivity index (χ1v) is 5.56. The van der Waals surface area contributed by atoms with Gasteiger partial charge in [0.2, 0.25) is 0 Å². The fraction of sp³-hybridized carbons (Fsp3) is 0.800. The number of hydrogen-bond acceptors (Lipinski definition) is 3. The van der Waals surface area contributed by atoms with Gasteiger partial charge in [-0.3, -0.25) is 0 Å². The first-order valence-electron chi connectivity index (χ1n) is 5.56. The highest BCUT2D eigenvalue weighted by atomic mass is 35.5. The van der Waals surface area contributed by atoms with Crippen LogP contribution < -0.4 is 18.0 Å². The average molecular weight is 232 g/mol. The molecule has 4 heterocycles. The smallest absolute Gasteiger partial charge is 0.136 e. The normalized spacial score (nSPS) is 42.6. The lowest BCUT2D eigenvalue weighted by Crippen LogP contribution is -3.00. The van der Waals surface area contributed by atoms with Crippen molar-refractivity contribution in [2.24, 2.45) is 5.92 Å². The zero-order chi connectivity index (χ0) is 9.60. The van der Waals surface area contributed by atoms with E-state index in [1.54, 1.807) is 6.26 Å². The van der Waals surface area contributed by atoms with E-state index in [1.165, 1.54) is 32.4 Å². The van der Waals surface area contributed by atoms with Gasteiger partial charge in [-0.15, -0.1) is 5.12 Å². The second-order valence-electron chi connectivity index (χ2n) is 4.80. The molecule has 1 N–H and O–H groups in total. The molecule has 0 aromatic rings. The summed E-state index contributed by atoms with van der Waals surface area (Å²) >= 11 is 0. The van der Waals surface area contributed by atoms with Crippen molar-refractivity contribution >= 4 is 0 Å². The van der Waals surface area contributed by atoms with Gasteiger partial charge in [0, 0.05) is 19.3 Å². The molecule has 0 saturated carbocycles. The van der Waals surface area contributed by atoms with Crippen LogP contribution in [0.1, 0.15) is 26.2 Å². The Morgan fingerprint density at radius 2 is 2.13 bits per heavy atom. The third-order valence-corrected chi connectivity index (χ3v) is 4.19. The molecule has 4 nitrogen and oxygen atoms in total. The van der Waals surface area contributed by atoms with Gasteiger partial charge < -0.3 is 17.2 Å². The summed E-state index contributed by atoms with van der Waals surface area (Å²) in [6.07, 6.45) is 7.85. The van der Waals surface area contributed by atoms with E-state index in [1.807, 2.05) is 6.20 Å². The lowest BCUT2D eigenvalue weighted by molar-refractivity contribution is -1.07. The fourth-order valence-corrected chi connectivity index (χ4v) is 3.27. The second kappa shape index (κ2) is 3.85. The molecule has 0 aliphatic carbocycles. The predicted molar refractivity (Wildman–Crippen MR) is 52.0 cm³/mol. The third-order valence-electron chi connectivity index (χ3n) is 4.19. The molecule has 0 aromatic carbocycles. The van der Waals surface area contributed by atoms with Crippen LogP contribution in [0.5, 0.6) is 0 Å². The van der Waals surface area contributed by atoms with Crippen LogP contribution in [0.4, 0.5) is 0 Å². The summed E-state index contributed by atoms with van der Waals surface area (Å²) in [6, 6.07) is 0.723. The van der Waals surface area contributed by atoms with E-state index in [-0.39, 0.29) is 12.4 Å². The van der Waals surface area contributed by atoms with E-state index < -0.39 is 0 Å². The highest BCUT2D eigenvalue weighted by molar-refractivity contribution is 4.79. The Morgan fingerprint density at radius 1 is 1.40 bits per heavy atom. The van der Waals surface area contributed by atoms with E-state index in [0.29, 0.717) is 0 Å². The summed E-state index contributed by atoms with van der Waals surface area (Å²) in [6.45, 7) is 4.87. The van der Waals surface area contributed by atoms with Crippen LogP contribution in [0.15, 0.2) is 12.5 Å². The van der Waals surface area contributed by atoms with Gasteiger partial charge in [-0.2, -0.15) is 0 Å². The SMILES string of the molecule is CC1CC2CC[N+]1(N1C=CON1)CC2.[Cl-]. The Morgan fingerprint density at radius 3 is 2.67 bits per heavy atom. The Kier molecular flexibility index (Phi) is 2.83. The third kappa shape index (κ3) is 1.51. The van der Waals surface area contributed by atoms with Crippen LogP contribution in [0.25, 0.3) is 0 Å². The van der Waals surface area contributed by atoms with Crippen molar-refractivity contribution in [3.63, 3.8) is 0 Å². The van der Waals surface area contributed by atoms with E-state index >= 15 is 0 Å². The number of fused-ring (bicyclic) bond motifs is 3. The highest BCUT2D eigenvalue weighted by Crippen LogP contribution is 2.39. The number of hydrazine groups is 1. The molecule has 0 aromatic heterocycles. The molecular weight excluding hydrogens is 214 g/mol. The lowest BCUT2D eigenvalue weighted by Gasteiger charge is -2.54. The molecule has 5 heteroatoms. The summed E-state index contributed by atoms with van der Waals surface area (Å²) < 4.78 is 1.05. The van der Waals surface area contributed by atoms with Crippen molar-refractivity contribution < 1.29 is 21.8 Å². The monoisotopic (exact) mass is 231 g/mol. The number of halogens is 1. The lowest BCUT2D eigenvalue weighted by atomic mass is 9.83. The van der Waals surface area contributed by atoms with Crippen LogP contribution in [0.3, 0.4) is 0 Å². The van der Waals surface area contributed by atoms with Crippen molar-refractivity contribution in [2.45, 2.75) is 32.2 Å². The van der Waals surface area contributed by atoms with Crippen LogP contribution >= 0.6 is 0 Å². The number of nitrogens with one attached hydrogen (secondary N) is 1. The molecule has 0 spiro atoms. The van der Waals surface area contributed by atoms with Crippen LogP contribution in [0, 0.1) is 5.92 Å². The number of quaternary nitrogens is 1. The van der Waals surface area contributed by atoms with Gasteiger partial charge in [-0.1, -0.05) is 0 Å². The standard InChI is InChI=1S/C10H18N3O.ClH/c1-9-8-10-2-5-13(9,6-3-10)12-4-7-14-11-12;/h4,7,9-11H,2-3,5-6,8H2,1H3;1H/q+1;/p-1. The van der Waals surface area contributed by atoms with Crippen LogP contribution in [-0.2, 0) is 4.84 Å². The Labute approximate surface area is 96.8 Å². The van der Waals surface area contributed by atoms with Crippen molar-refractivity contribution in [1.82, 2.24) is 10.7 Å². The topological polar surface area (TPSA) is 24.5 Å². The van der Waals surface area contributed by atoms with Gasteiger partial charge in [0.05, 0.1) is 0 Å². The molecule has 0 radical (unpaired) electrons. The molecule has 86 valence electrons. The number of hydrogen-bond donors (Lipinski definition) is 1. The maximum Gasteiger partial charge on any atom is 0.136 e. The fourth-order valence-electron chi connectivity index (χ4n) is 3.27. The van der Waals surface area contributed by atoms with Crippen molar-refractivity contribution in [3.8, 4) is 0 Å². The minimum Gasteiger partial charge on any atom is -1.00 e. The quantitative estimate of drug-likeness (QED) is 0.537. The first kappa shape index (κ1) is 11.0. The van der Waals surface area contributed by atoms with Crippen molar-refractivity contribution in [2.75, 3.05) is 13.1 Å². The molecule has 4 rings (SSSR count). The minimum atomic E-state index is 0. The van der Waals surface area contributed by atoms with Gasteiger partial charge >= 0.3 is 0 Å². The van der Waals surface area contributed by atoms with Crippen LogP contribution in [0.2, 0.25) is 0 Å². The summed E-state index contributed by atoms with van der Waals surface area (Å²) in [5, 5.41) is 2.14. The Hall–Kier alpha value is -0.450. The summed E-state index contributed by atoms with van der Waals surface area (Å²) in [7, 11) is 0. The summed E-state index contributed by atoms with van der Waals surface area (Å²) in [5.74, 6) is 0.984. The zero-order valence-corrected chi connectivity index (χ0v) is 9.78. The Bertz CT molecular complexity index is 263. The number of nitrogens with zero attached hydrogens (tertiary/aromatic N) is 2. The van der Waals surface area contributed by atoms with Gasteiger partial charge in [-0.05, 0) is 18.4 Å². The van der Waals surface area contributed by atoms with Gasteiger partial charge in [-0.25, -0.2) is 4.59 Å². The molecule has 3 fully saturated rings. The van der Waals surface area contributed by atoms with E-state index in [0.717, 1.165) is 16.6 Å². The molecule has 3 saturated heterocycles. The minimum absolute atomic E-state index is 0. The van der Waals surface area contributed by atoms with Crippen molar-refractivity contribution in [1.29, 1.82) is 0 Å². The van der Waals surface area contributed by atoms with Crippen LogP contribution in [-0.4, -0.2) is 28.8 Å². The van der Waals surface area contributed by atoms with E-state index in [2.05, 4.69) is 17.6 Å². The average Bonchev–Trinajstić information content (AvgIpc) is 2.72. The van der Waals surface area contributed by atoms with Gasteiger partial charge in [0.15, 0.2) is 0 Å². The van der Waals surface area contributed by atoms with E-state index in [9.17, 15) is 0 Å². The largest absolute Gasteiger partial charge is 1.00 e. The molecule has 2 bridgehead atoms. The first-order chi connectivity index (χ1) is 6.81. The van der Waals surface area contributed by atoms with Crippen molar-refractivity contribution in [3.05, 3.63) is 12.5 Å². The predicted octanol–water partition coefficient (Wildman–Crippen LogP) is -1.85. The Balaban J connectivity index is 0.000000853. The van der Waals surface area contributed by atoms with Gasteiger partial charge in [0.1, 0.15) is 31.6 Å². The molecule has 1 unspecified atom stereocenters. The molecule has 4 aliphatic rings. The number of piperidine rings is 3. The maximum atomic E-state index is 5.08. The second-order valence-corrected chi connectivity index (χ2v) is 4.80. The maximum absolute atomic E-state index is 5.08. The molecule has 0 amide bonds. The molecular formula is C10H18ClN3O. The molecule has 4 aliphatic heterocycles.